The molecule has 2 aromatic heterocycles. The van der Waals surface area contributed by atoms with Crippen molar-refractivity contribution < 1.29 is 17.9 Å². The van der Waals surface area contributed by atoms with Crippen LogP contribution in [0.1, 0.15) is 11.4 Å². The molecule has 4 aromatic rings. The van der Waals surface area contributed by atoms with E-state index in [0.29, 0.717) is 11.5 Å². The van der Waals surface area contributed by atoms with E-state index in [1.807, 2.05) is 24.3 Å². The summed E-state index contributed by atoms with van der Waals surface area (Å²) in [6.07, 6.45) is 0.911. The SMILES string of the molecule is FC(F)(F)COc1ccc(/C=C/c2nnc3c4ccccc4cnn23)cc1. The van der Waals surface area contributed by atoms with E-state index in [4.69, 9.17) is 0 Å². The third-order valence-corrected chi connectivity index (χ3v) is 3.89. The largest absolute Gasteiger partial charge is 0.484 e. The summed E-state index contributed by atoms with van der Waals surface area (Å²) in [7, 11) is 0. The predicted molar refractivity (Wildman–Crippen MR) is 95.2 cm³/mol. The Morgan fingerprint density at radius 3 is 2.52 bits per heavy atom. The van der Waals surface area contributed by atoms with Gasteiger partial charge in [0.2, 0.25) is 0 Å². The summed E-state index contributed by atoms with van der Waals surface area (Å²) in [5, 5.41) is 14.6. The molecule has 0 aliphatic heterocycles. The van der Waals surface area contributed by atoms with Crippen molar-refractivity contribution in [1.29, 1.82) is 0 Å². The van der Waals surface area contributed by atoms with E-state index in [-0.39, 0.29) is 5.75 Å². The van der Waals surface area contributed by atoms with Crippen molar-refractivity contribution in [3.8, 4) is 5.75 Å². The first kappa shape index (κ1) is 17.0. The lowest BCUT2D eigenvalue weighted by Gasteiger charge is -2.08. The topological polar surface area (TPSA) is 52.3 Å². The Morgan fingerprint density at radius 1 is 0.963 bits per heavy atom. The van der Waals surface area contributed by atoms with Crippen molar-refractivity contribution in [2.45, 2.75) is 6.18 Å². The van der Waals surface area contributed by atoms with Crippen molar-refractivity contribution in [1.82, 2.24) is 19.8 Å². The van der Waals surface area contributed by atoms with E-state index in [9.17, 15) is 13.2 Å². The van der Waals surface area contributed by atoms with Gasteiger partial charge in [-0.15, -0.1) is 10.2 Å². The second-order valence-corrected chi connectivity index (χ2v) is 5.83. The van der Waals surface area contributed by atoms with Gasteiger partial charge in [0.25, 0.3) is 0 Å². The summed E-state index contributed by atoms with van der Waals surface area (Å²) in [5.41, 5.74) is 1.44. The van der Waals surface area contributed by atoms with Gasteiger partial charge in [-0.2, -0.15) is 22.8 Å². The number of alkyl halides is 3. The summed E-state index contributed by atoms with van der Waals surface area (Å²) in [4.78, 5) is 0. The number of benzene rings is 2. The number of hydrogen-bond acceptors (Lipinski definition) is 4. The summed E-state index contributed by atoms with van der Waals surface area (Å²) in [6.45, 7) is -1.31. The van der Waals surface area contributed by atoms with Gasteiger partial charge in [0.15, 0.2) is 18.1 Å². The number of fused-ring (bicyclic) bond motifs is 3. The molecular formula is C19H13F3N4O. The highest BCUT2D eigenvalue weighted by atomic mass is 19.4. The van der Waals surface area contributed by atoms with Gasteiger partial charge in [-0.05, 0) is 23.8 Å². The van der Waals surface area contributed by atoms with Crippen LogP contribution in [0.4, 0.5) is 13.2 Å². The maximum atomic E-state index is 12.2. The lowest BCUT2D eigenvalue weighted by Crippen LogP contribution is -2.19. The van der Waals surface area contributed by atoms with Gasteiger partial charge in [0.05, 0.1) is 6.20 Å². The fourth-order valence-corrected chi connectivity index (χ4v) is 2.62. The molecule has 0 aliphatic carbocycles. The molecule has 5 nitrogen and oxygen atoms in total. The Hall–Kier alpha value is -3.42. The van der Waals surface area contributed by atoms with Gasteiger partial charge >= 0.3 is 6.18 Å². The van der Waals surface area contributed by atoms with Crippen LogP contribution < -0.4 is 4.74 Å². The molecule has 0 unspecified atom stereocenters. The predicted octanol–water partition coefficient (Wildman–Crippen LogP) is 4.39. The second-order valence-electron chi connectivity index (χ2n) is 5.83. The molecule has 8 heteroatoms. The molecule has 0 saturated heterocycles. The minimum atomic E-state index is -4.36. The van der Waals surface area contributed by atoms with Gasteiger partial charge in [-0.25, -0.2) is 0 Å². The fourth-order valence-electron chi connectivity index (χ4n) is 2.62. The van der Waals surface area contributed by atoms with Gasteiger partial charge in [0, 0.05) is 10.8 Å². The highest BCUT2D eigenvalue weighted by Crippen LogP contribution is 2.20. The molecule has 0 bridgehead atoms. The molecular weight excluding hydrogens is 357 g/mol. The van der Waals surface area contributed by atoms with Gasteiger partial charge in [-0.3, -0.25) is 0 Å². The van der Waals surface area contributed by atoms with Gasteiger partial charge in [0.1, 0.15) is 5.75 Å². The first-order chi connectivity index (χ1) is 13.0. The number of aromatic nitrogens is 4. The zero-order chi connectivity index (χ0) is 18.9. The van der Waals surface area contributed by atoms with Crippen LogP contribution in [-0.4, -0.2) is 32.6 Å². The van der Waals surface area contributed by atoms with Crippen LogP contribution in [0.25, 0.3) is 28.6 Å². The van der Waals surface area contributed by atoms with E-state index in [1.165, 1.54) is 12.1 Å². The first-order valence-corrected chi connectivity index (χ1v) is 8.06. The molecule has 27 heavy (non-hydrogen) atoms. The highest BCUT2D eigenvalue weighted by Gasteiger charge is 2.28. The molecule has 0 fully saturated rings. The van der Waals surface area contributed by atoms with Crippen molar-refractivity contribution in [3.63, 3.8) is 0 Å². The normalized spacial score (nSPS) is 12.3. The molecule has 136 valence electrons. The van der Waals surface area contributed by atoms with Gasteiger partial charge in [-0.1, -0.05) is 42.5 Å². The van der Waals surface area contributed by atoms with E-state index >= 15 is 0 Å². The number of halogens is 3. The van der Waals surface area contributed by atoms with E-state index in [0.717, 1.165) is 16.3 Å². The van der Waals surface area contributed by atoms with Crippen molar-refractivity contribution >= 4 is 28.6 Å². The first-order valence-electron chi connectivity index (χ1n) is 8.06. The standard InChI is InChI=1S/C19H13F3N4O/c20-19(21,22)12-27-15-8-5-13(6-9-15)7-10-17-24-25-18-16-4-2-1-3-14(16)11-23-26(17)18/h1-11H,12H2/b10-7+. The molecule has 2 heterocycles. The van der Waals surface area contributed by atoms with E-state index in [2.05, 4.69) is 20.0 Å². The highest BCUT2D eigenvalue weighted by molar-refractivity contribution is 5.93. The maximum Gasteiger partial charge on any atom is 0.422 e. The lowest BCUT2D eigenvalue weighted by molar-refractivity contribution is -0.153. The minimum absolute atomic E-state index is 0.158. The molecule has 0 atom stereocenters. The molecule has 2 aromatic carbocycles. The number of nitrogens with zero attached hydrogens (tertiary/aromatic N) is 4. The average Bonchev–Trinajstić information content (AvgIpc) is 3.08. The Kier molecular flexibility index (Phi) is 4.23. The van der Waals surface area contributed by atoms with Crippen LogP contribution in [0.15, 0.2) is 54.7 Å². The van der Waals surface area contributed by atoms with Crippen molar-refractivity contribution in [2.24, 2.45) is 0 Å². The van der Waals surface area contributed by atoms with Crippen LogP contribution in [0, 0.1) is 0 Å². The Bertz CT molecular complexity index is 1120. The monoisotopic (exact) mass is 370 g/mol. The zero-order valence-electron chi connectivity index (χ0n) is 13.9. The Morgan fingerprint density at radius 2 is 1.74 bits per heavy atom. The summed E-state index contributed by atoms with van der Waals surface area (Å²) in [5.74, 6) is 0.707. The van der Waals surface area contributed by atoms with Crippen LogP contribution in [-0.2, 0) is 0 Å². The third-order valence-electron chi connectivity index (χ3n) is 3.89. The molecule has 0 spiro atoms. The second kappa shape index (κ2) is 6.71. The van der Waals surface area contributed by atoms with E-state index in [1.54, 1.807) is 35.0 Å². The molecule has 0 saturated carbocycles. The molecule has 4 rings (SSSR count). The van der Waals surface area contributed by atoms with Crippen LogP contribution in [0.3, 0.4) is 0 Å². The van der Waals surface area contributed by atoms with Gasteiger partial charge < -0.3 is 4.74 Å². The third kappa shape index (κ3) is 3.74. The molecule has 0 N–H and O–H groups in total. The molecule has 0 radical (unpaired) electrons. The lowest BCUT2D eigenvalue weighted by atomic mass is 10.2. The summed E-state index contributed by atoms with van der Waals surface area (Å²) >= 11 is 0. The van der Waals surface area contributed by atoms with Crippen LogP contribution in [0.5, 0.6) is 5.75 Å². The van der Waals surface area contributed by atoms with Crippen molar-refractivity contribution in [2.75, 3.05) is 6.61 Å². The van der Waals surface area contributed by atoms with Crippen LogP contribution >= 0.6 is 0 Å². The summed E-state index contributed by atoms with van der Waals surface area (Å²) in [6, 6.07) is 14.1. The number of ether oxygens (including phenoxy) is 1. The number of rotatable bonds is 4. The van der Waals surface area contributed by atoms with E-state index < -0.39 is 12.8 Å². The maximum absolute atomic E-state index is 12.2. The fraction of sp³-hybridized carbons (Fsp3) is 0.105. The zero-order valence-corrected chi connectivity index (χ0v) is 13.9. The Balaban J connectivity index is 1.55. The molecule has 0 amide bonds. The quantitative estimate of drug-likeness (QED) is 0.535. The minimum Gasteiger partial charge on any atom is -0.484 e. The summed E-state index contributed by atoms with van der Waals surface area (Å²) < 4.78 is 42.8. The van der Waals surface area contributed by atoms with Crippen molar-refractivity contribution in [3.05, 3.63) is 66.1 Å². The van der Waals surface area contributed by atoms with Crippen LogP contribution in [0.2, 0.25) is 0 Å². The average molecular weight is 370 g/mol. The smallest absolute Gasteiger partial charge is 0.422 e. The Labute approximate surface area is 151 Å². The molecule has 0 aliphatic rings. The number of hydrogen-bond donors (Lipinski definition) is 0.